The third-order valence-corrected chi connectivity index (χ3v) is 6.65. The molecule has 5 rings (SSSR count). The predicted octanol–water partition coefficient (Wildman–Crippen LogP) is 5.16. The van der Waals surface area contributed by atoms with E-state index in [0.717, 1.165) is 22.6 Å². The lowest BCUT2D eigenvalue weighted by molar-refractivity contribution is 0.0478. The van der Waals surface area contributed by atoms with Crippen molar-refractivity contribution in [3.8, 4) is 18.0 Å². The van der Waals surface area contributed by atoms with Gasteiger partial charge in [-0.05, 0) is 40.8 Å². The third kappa shape index (κ3) is 3.62. The van der Waals surface area contributed by atoms with Gasteiger partial charge in [-0.2, -0.15) is 15.5 Å². The summed E-state index contributed by atoms with van der Waals surface area (Å²) in [6.07, 6.45) is 8.33. The van der Waals surface area contributed by atoms with Crippen LogP contribution in [0.15, 0.2) is 71.3 Å². The summed E-state index contributed by atoms with van der Waals surface area (Å²) < 4.78 is 12.3. The maximum atomic E-state index is 9.37. The van der Waals surface area contributed by atoms with Gasteiger partial charge in [0.25, 0.3) is 0 Å². The molecule has 2 aliphatic heterocycles. The molecular weight excluding hydrogens is 398 g/mol. The van der Waals surface area contributed by atoms with Crippen LogP contribution in [0.3, 0.4) is 0 Å². The van der Waals surface area contributed by atoms with Gasteiger partial charge in [0, 0.05) is 29.4 Å². The van der Waals surface area contributed by atoms with E-state index in [1.54, 1.807) is 0 Å². The number of allylic oxidation sites excluding steroid dienone is 4. The molecule has 1 aliphatic carbocycles. The van der Waals surface area contributed by atoms with Crippen LogP contribution in [-0.2, 0) is 11.3 Å². The average Bonchev–Trinajstić information content (AvgIpc) is 2.84. The van der Waals surface area contributed by atoms with Crippen LogP contribution in [0, 0.1) is 28.7 Å². The van der Waals surface area contributed by atoms with Crippen LogP contribution in [0.25, 0.3) is 0 Å². The molecule has 0 saturated carbocycles. The van der Waals surface area contributed by atoms with Gasteiger partial charge in [-0.25, -0.2) is 0 Å². The second kappa shape index (κ2) is 8.46. The molecule has 0 bridgehead atoms. The standard InChI is InChI=1S/C27H23N3O2/c1-17-6-7-18(13-28)10-22(17)19-8-9-26-23(11-19)25(30-16-29)12-27(32-26)24-15-31-14-20-4-2-3-5-21(20)24/h2-11,17,22,24,27H,12,14-15H2,1H3. The molecule has 2 aromatic rings. The predicted molar refractivity (Wildman–Crippen MR) is 121 cm³/mol. The van der Waals surface area contributed by atoms with E-state index < -0.39 is 0 Å². The lowest BCUT2D eigenvalue weighted by atomic mass is 9.80. The molecule has 2 heterocycles. The van der Waals surface area contributed by atoms with Crippen LogP contribution < -0.4 is 4.74 Å². The number of benzene rings is 2. The number of fused-ring (bicyclic) bond motifs is 2. The Balaban J connectivity index is 1.50. The molecule has 0 saturated heterocycles. The summed E-state index contributed by atoms with van der Waals surface area (Å²) in [5.74, 6) is 1.20. The second-order valence-corrected chi connectivity index (χ2v) is 8.57. The van der Waals surface area contributed by atoms with Crippen LogP contribution in [0.1, 0.15) is 47.4 Å². The van der Waals surface area contributed by atoms with E-state index in [4.69, 9.17) is 9.47 Å². The van der Waals surface area contributed by atoms with E-state index in [0.29, 0.717) is 25.2 Å². The summed E-state index contributed by atoms with van der Waals surface area (Å²) in [5.41, 5.74) is 5.80. The Kier molecular flexibility index (Phi) is 5.35. The van der Waals surface area contributed by atoms with E-state index in [-0.39, 0.29) is 23.9 Å². The normalized spacial score (nSPS) is 27.3. The molecule has 2 aromatic carbocycles. The lowest BCUT2D eigenvalue weighted by Gasteiger charge is -2.36. The van der Waals surface area contributed by atoms with Crippen LogP contribution in [0.5, 0.6) is 5.75 Å². The Morgan fingerprint density at radius 2 is 2.00 bits per heavy atom. The Bertz CT molecular complexity index is 1230. The minimum atomic E-state index is -0.150. The highest BCUT2D eigenvalue weighted by atomic mass is 16.5. The Morgan fingerprint density at radius 3 is 2.84 bits per heavy atom. The first kappa shape index (κ1) is 20.2. The van der Waals surface area contributed by atoms with Gasteiger partial charge in [-0.1, -0.05) is 49.4 Å². The fourth-order valence-corrected chi connectivity index (χ4v) is 4.95. The minimum Gasteiger partial charge on any atom is -0.489 e. The van der Waals surface area contributed by atoms with Crippen LogP contribution in [-0.4, -0.2) is 18.4 Å². The average molecular weight is 422 g/mol. The Hall–Kier alpha value is -3.67. The first-order valence-electron chi connectivity index (χ1n) is 10.9. The molecule has 3 aliphatic rings. The van der Waals surface area contributed by atoms with Crippen molar-refractivity contribution in [2.24, 2.45) is 10.9 Å². The number of nitriles is 2. The maximum absolute atomic E-state index is 9.37. The van der Waals surface area contributed by atoms with Gasteiger partial charge >= 0.3 is 0 Å². The van der Waals surface area contributed by atoms with Crippen molar-refractivity contribution in [2.45, 2.75) is 37.9 Å². The van der Waals surface area contributed by atoms with Crippen LogP contribution >= 0.6 is 0 Å². The zero-order valence-corrected chi connectivity index (χ0v) is 17.9. The molecule has 0 spiro atoms. The topological polar surface area (TPSA) is 78.4 Å². The summed E-state index contributed by atoms with van der Waals surface area (Å²) in [4.78, 5) is 4.18. The van der Waals surface area contributed by atoms with Gasteiger partial charge in [0.05, 0.1) is 25.0 Å². The molecule has 0 N–H and O–H groups in total. The minimum absolute atomic E-state index is 0.0845. The largest absolute Gasteiger partial charge is 0.489 e. The Morgan fingerprint density at radius 1 is 1.12 bits per heavy atom. The summed E-state index contributed by atoms with van der Waals surface area (Å²) >= 11 is 0. The van der Waals surface area contributed by atoms with E-state index in [2.05, 4.69) is 48.3 Å². The molecular formula is C27H23N3O2. The number of aliphatic imine (C=N–C) groups is 1. The number of ether oxygens (including phenoxy) is 2. The monoisotopic (exact) mass is 421 g/mol. The first-order chi connectivity index (χ1) is 15.7. The van der Waals surface area contributed by atoms with Gasteiger partial charge < -0.3 is 9.47 Å². The van der Waals surface area contributed by atoms with Crippen molar-refractivity contribution < 1.29 is 9.47 Å². The second-order valence-electron chi connectivity index (χ2n) is 8.57. The maximum Gasteiger partial charge on any atom is 0.205 e. The summed E-state index contributed by atoms with van der Waals surface area (Å²) in [7, 11) is 0. The highest BCUT2D eigenvalue weighted by Gasteiger charge is 2.35. The highest BCUT2D eigenvalue weighted by molar-refractivity contribution is 6.04. The fourth-order valence-electron chi connectivity index (χ4n) is 4.95. The molecule has 0 aromatic heterocycles. The van der Waals surface area contributed by atoms with Crippen LogP contribution in [0.2, 0.25) is 0 Å². The number of nitrogens with zero attached hydrogens (tertiary/aromatic N) is 3. The molecule has 32 heavy (non-hydrogen) atoms. The van der Waals surface area contributed by atoms with Crippen LogP contribution in [0.4, 0.5) is 0 Å². The molecule has 5 heteroatoms. The number of hydrogen-bond acceptors (Lipinski definition) is 5. The van der Waals surface area contributed by atoms with Crippen molar-refractivity contribution >= 4 is 5.71 Å². The number of rotatable bonds is 2. The van der Waals surface area contributed by atoms with Gasteiger partial charge in [-0.3, -0.25) is 0 Å². The summed E-state index contributed by atoms with van der Waals surface area (Å²) in [6, 6.07) is 16.7. The van der Waals surface area contributed by atoms with E-state index in [1.165, 1.54) is 11.1 Å². The lowest BCUT2D eigenvalue weighted by Crippen LogP contribution is -2.37. The van der Waals surface area contributed by atoms with Gasteiger partial charge in [0.2, 0.25) is 6.19 Å². The van der Waals surface area contributed by atoms with Crippen molar-refractivity contribution in [3.63, 3.8) is 0 Å². The van der Waals surface area contributed by atoms with Crippen molar-refractivity contribution in [2.75, 3.05) is 6.61 Å². The van der Waals surface area contributed by atoms with E-state index in [1.807, 2.05) is 36.5 Å². The number of hydrogen-bond donors (Lipinski definition) is 0. The van der Waals surface area contributed by atoms with Crippen molar-refractivity contribution in [1.29, 1.82) is 10.5 Å². The zero-order valence-electron chi connectivity index (χ0n) is 17.9. The summed E-state index contributed by atoms with van der Waals surface area (Å²) in [5, 5.41) is 18.7. The highest BCUT2D eigenvalue weighted by Crippen LogP contribution is 2.40. The molecule has 0 fully saturated rings. The zero-order chi connectivity index (χ0) is 22.1. The third-order valence-electron chi connectivity index (χ3n) is 6.65. The Labute approximate surface area is 187 Å². The van der Waals surface area contributed by atoms with E-state index >= 15 is 0 Å². The van der Waals surface area contributed by atoms with Gasteiger partial charge in [0.1, 0.15) is 11.9 Å². The first-order valence-corrected chi connectivity index (χ1v) is 10.9. The van der Waals surface area contributed by atoms with Crippen molar-refractivity contribution in [3.05, 3.63) is 88.5 Å². The van der Waals surface area contributed by atoms with Gasteiger partial charge in [0.15, 0.2) is 0 Å². The molecule has 0 amide bonds. The smallest absolute Gasteiger partial charge is 0.205 e. The van der Waals surface area contributed by atoms with Gasteiger partial charge in [-0.15, -0.1) is 0 Å². The SMILES string of the molecule is CC1C=CC(C#N)=CC1c1ccc2c(c1)C(=NC#N)CC(C1COCc3ccccc31)O2. The molecule has 5 nitrogen and oxygen atoms in total. The quantitative estimate of drug-likeness (QED) is 0.628. The molecule has 0 radical (unpaired) electrons. The van der Waals surface area contributed by atoms with E-state index in [9.17, 15) is 10.5 Å². The molecule has 4 atom stereocenters. The van der Waals surface area contributed by atoms with Crippen molar-refractivity contribution in [1.82, 2.24) is 0 Å². The fraction of sp³-hybridized carbons (Fsp3) is 0.296. The summed E-state index contributed by atoms with van der Waals surface area (Å²) in [6.45, 7) is 3.34. The molecule has 4 unspecified atom stereocenters. The molecule has 158 valence electrons.